The highest BCUT2D eigenvalue weighted by Gasteiger charge is 2.11. The van der Waals surface area contributed by atoms with Crippen molar-refractivity contribution >= 4 is 17.6 Å². The normalized spacial score (nSPS) is 11.7. The average Bonchev–Trinajstić information content (AvgIpc) is 2.35. The van der Waals surface area contributed by atoms with E-state index < -0.39 is 0 Å². The summed E-state index contributed by atoms with van der Waals surface area (Å²) in [5.41, 5.74) is 1.02. The molecule has 0 saturated heterocycles. The highest BCUT2D eigenvalue weighted by atomic mass is 16.2. The number of amides is 2. The fourth-order valence-corrected chi connectivity index (χ4v) is 1.32. The second-order valence-electron chi connectivity index (χ2n) is 4.29. The Bertz CT molecular complexity index is 432. The maximum atomic E-state index is 11.6. The number of rotatable bonds is 5. The van der Waals surface area contributed by atoms with Crippen molar-refractivity contribution in [3.63, 3.8) is 0 Å². The predicted molar refractivity (Wildman–Crippen MR) is 70.1 cm³/mol. The molecule has 0 aliphatic heterocycles. The van der Waals surface area contributed by atoms with Gasteiger partial charge in [0.05, 0.1) is 6.54 Å². The van der Waals surface area contributed by atoms with E-state index in [9.17, 15) is 9.59 Å². The summed E-state index contributed by atoms with van der Waals surface area (Å²) < 4.78 is 0. The van der Waals surface area contributed by atoms with Gasteiger partial charge in [0.15, 0.2) is 0 Å². The summed E-state index contributed by atoms with van der Waals surface area (Å²) in [7, 11) is 0. The van der Waals surface area contributed by atoms with Crippen LogP contribution in [0.4, 0.5) is 5.82 Å². The van der Waals surface area contributed by atoms with E-state index in [1.807, 2.05) is 26.8 Å². The minimum absolute atomic E-state index is 0.0290. The smallest absolute Gasteiger partial charge is 0.244 e. The molecule has 18 heavy (non-hydrogen) atoms. The molecule has 1 rings (SSSR count). The Morgan fingerprint density at radius 3 is 2.78 bits per heavy atom. The topological polar surface area (TPSA) is 71.1 Å². The van der Waals surface area contributed by atoms with Crippen molar-refractivity contribution in [3.8, 4) is 0 Å². The Balaban J connectivity index is 2.41. The van der Waals surface area contributed by atoms with E-state index in [1.165, 1.54) is 0 Å². The molecular weight excluding hydrogens is 230 g/mol. The van der Waals surface area contributed by atoms with Crippen molar-refractivity contribution in [1.82, 2.24) is 10.3 Å². The highest BCUT2D eigenvalue weighted by molar-refractivity contribution is 5.94. The molecule has 5 heteroatoms. The van der Waals surface area contributed by atoms with E-state index in [-0.39, 0.29) is 24.3 Å². The Labute approximate surface area is 107 Å². The van der Waals surface area contributed by atoms with Crippen molar-refractivity contribution in [3.05, 3.63) is 23.9 Å². The van der Waals surface area contributed by atoms with Gasteiger partial charge >= 0.3 is 0 Å². The fourth-order valence-electron chi connectivity index (χ4n) is 1.32. The summed E-state index contributed by atoms with van der Waals surface area (Å²) in [6.45, 7) is 5.65. The summed E-state index contributed by atoms with van der Waals surface area (Å²) in [5.74, 6) is 0.0438. The molecule has 0 spiro atoms. The Morgan fingerprint density at radius 1 is 1.44 bits per heavy atom. The molecule has 2 amide bonds. The van der Waals surface area contributed by atoms with Crippen LogP contribution in [0.1, 0.15) is 25.8 Å². The second kappa shape index (κ2) is 6.74. The molecule has 1 atom stereocenters. The number of carbonyl (C=O) groups excluding carboxylic acids is 2. The zero-order chi connectivity index (χ0) is 13.5. The fraction of sp³-hybridized carbons (Fsp3) is 0.462. The SMILES string of the molecule is CCC(C)C(=O)NCC(=O)Nc1cc(C)ccn1. The van der Waals surface area contributed by atoms with Crippen LogP contribution in [0.5, 0.6) is 0 Å². The lowest BCUT2D eigenvalue weighted by Crippen LogP contribution is -2.35. The van der Waals surface area contributed by atoms with E-state index in [2.05, 4.69) is 15.6 Å². The number of hydrogen-bond donors (Lipinski definition) is 2. The monoisotopic (exact) mass is 249 g/mol. The van der Waals surface area contributed by atoms with Gasteiger partial charge in [0.25, 0.3) is 0 Å². The van der Waals surface area contributed by atoms with Crippen LogP contribution >= 0.6 is 0 Å². The third-order valence-corrected chi connectivity index (χ3v) is 2.67. The molecule has 0 aromatic carbocycles. The van der Waals surface area contributed by atoms with Crippen LogP contribution in [0.3, 0.4) is 0 Å². The molecule has 98 valence electrons. The predicted octanol–water partition coefficient (Wildman–Crippen LogP) is 1.49. The number of nitrogens with one attached hydrogen (secondary N) is 2. The zero-order valence-electron chi connectivity index (χ0n) is 11.0. The number of pyridine rings is 1. The third-order valence-electron chi connectivity index (χ3n) is 2.67. The van der Waals surface area contributed by atoms with Gasteiger partial charge < -0.3 is 10.6 Å². The van der Waals surface area contributed by atoms with Gasteiger partial charge in [-0.05, 0) is 31.0 Å². The van der Waals surface area contributed by atoms with Gasteiger partial charge in [-0.2, -0.15) is 0 Å². The Hall–Kier alpha value is -1.91. The first-order valence-electron chi connectivity index (χ1n) is 6.03. The number of aromatic nitrogens is 1. The second-order valence-corrected chi connectivity index (χ2v) is 4.29. The first kappa shape index (κ1) is 14.2. The maximum Gasteiger partial charge on any atom is 0.244 e. The lowest BCUT2D eigenvalue weighted by molar-refractivity contribution is -0.126. The van der Waals surface area contributed by atoms with E-state index in [0.717, 1.165) is 12.0 Å². The van der Waals surface area contributed by atoms with E-state index in [1.54, 1.807) is 12.3 Å². The molecule has 5 nitrogen and oxygen atoms in total. The zero-order valence-corrected chi connectivity index (χ0v) is 11.0. The van der Waals surface area contributed by atoms with E-state index in [4.69, 9.17) is 0 Å². The maximum absolute atomic E-state index is 11.6. The van der Waals surface area contributed by atoms with Gasteiger partial charge in [0, 0.05) is 12.1 Å². The summed E-state index contributed by atoms with van der Waals surface area (Å²) in [4.78, 5) is 27.1. The number of aryl methyl sites for hydroxylation is 1. The Kier molecular flexibility index (Phi) is 5.30. The minimum atomic E-state index is -0.273. The quantitative estimate of drug-likeness (QED) is 0.830. The van der Waals surface area contributed by atoms with Crippen LogP contribution in [0, 0.1) is 12.8 Å². The summed E-state index contributed by atoms with van der Waals surface area (Å²) in [6.07, 6.45) is 2.38. The summed E-state index contributed by atoms with van der Waals surface area (Å²) in [5, 5.41) is 5.22. The van der Waals surface area contributed by atoms with Crippen LogP contribution < -0.4 is 10.6 Å². The molecule has 1 heterocycles. The van der Waals surface area contributed by atoms with Crippen LogP contribution in [0.2, 0.25) is 0 Å². The third kappa shape index (κ3) is 4.53. The van der Waals surface area contributed by atoms with Crippen LogP contribution in [0.15, 0.2) is 18.3 Å². The molecule has 1 aromatic rings. The summed E-state index contributed by atoms with van der Waals surface area (Å²) in [6, 6.07) is 3.62. The average molecular weight is 249 g/mol. The van der Waals surface area contributed by atoms with Crippen molar-refractivity contribution in [2.24, 2.45) is 5.92 Å². The van der Waals surface area contributed by atoms with E-state index in [0.29, 0.717) is 5.82 Å². The molecule has 0 radical (unpaired) electrons. The first-order chi connectivity index (χ1) is 8.52. The van der Waals surface area contributed by atoms with Gasteiger partial charge in [0.2, 0.25) is 11.8 Å². The Morgan fingerprint density at radius 2 is 2.17 bits per heavy atom. The van der Waals surface area contributed by atoms with Crippen molar-refractivity contribution < 1.29 is 9.59 Å². The van der Waals surface area contributed by atoms with Crippen LogP contribution in [-0.4, -0.2) is 23.3 Å². The van der Waals surface area contributed by atoms with Crippen LogP contribution in [-0.2, 0) is 9.59 Å². The number of carbonyl (C=O) groups is 2. The molecule has 1 unspecified atom stereocenters. The largest absolute Gasteiger partial charge is 0.347 e. The van der Waals surface area contributed by atoms with Gasteiger partial charge in [-0.1, -0.05) is 13.8 Å². The van der Waals surface area contributed by atoms with Gasteiger partial charge in [-0.15, -0.1) is 0 Å². The molecule has 0 fully saturated rings. The molecular formula is C13H19N3O2. The van der Waals surface area contributed by atoms with Crippen LogP contribution in [0.25, 0.3) is 0 Å². The molecule has 1 aromatic heterocycles. The lowest BCUT2D eigenvalue weighted by atomic mass is 10.1. The summed E-state index contributed by atoms with van der Waals surface area (Å²) >= 11 is 0. The molecule has 0 saturated carbocycles. The number of hydrogen-bond acceptors (Lipinski definition) is 3. The van der Waals surface area contributed by atoms with Crippen molar-refractivity contribution in [2.45, 2.75) is 27.2 Å². The lowest BCUT2D eigenvalue weighted by Gasteiger charge is -2.10. The van der Waals surface area contributed by atoms with Crippen molar-refractivity contribution in [1.29, 1.82) is 0 Å². The molecule has 2 N–H and O–H groups in total. The molecule has 0 aliphatic carbocycles. The van der Waals surface area contributed by atoms with Gasteiger partial charge in [0.1, 0.15) is 5.82 Å². The number of nitrogens with zero attached hydrogens (tertiary/aromatic N) is 1. The molecule has 0 aliphatic rings. The molecule has 0 bridgehead atoms. The van der Waals surface area contributed by atoms with E-state index >= 15 is 0 Å². The van der Waals surface area contributed by atoms with Gasteiger partial charge in [-0.25, -0.2) is 4.98 Å². The highest BCUT2D eigenvalue weighted by Crippen LogP contribution is 2.04. The number of anilines is 1. The first-order valence-corrected chi connectivity index (χ1v) is 6.03. The van der Waals surface area contributed by atoms with Gasteiger partial charge in [-0.3, -0.25) is 9.59 Å². The minimum Gasteiger partial charge on any atom is -0.347 e. The van der Waals surface area contributed by atoms with Crippen molar-refractivity contribution in [2.75, 3.05) is 11.9 Å². The standard InChI is InChI=1S/C13H19N3O2/c1-4-10(3)13(18)15-8-12(17)16-11-7-9(2)5-6-14-11/h5-7,10H,4,8H2,1-3H3,(H,15,18)(H,14,16,17).